The van der Waals surface area contributed by atoms with Gasteiger partial charge in [-0.25, -0.2) is 9.78 Å². The highest BCUT2D eigenvalue weighted by molar-refractivity contribution is 7.98. The lowest BCUT2D eigenvalue weighted by molar-refractivity contribution is 0.0728. The Morgan fingerprint density at radius 3 is 2.57 bits per heavy atom. The first-order valence-corrected chi connectivity index (χ1v) is 10.3. The van der Waals surface area contributed by atoms with Crippen molar-refractivity contribution in [3.8, 4) is 17.2 Å². The van der Waals surface area contributed by atoms with Gasteiger partial charge in [-0.05, 0) is 32.0 Å². The van der Waals surface area contributed by atoms with Gasteiger partial charge in [0.05, 0.1) is 24.5 Å². The molecule has 0 fully saturated rings. The molecule has 158 valence electrons. The van der Waals surface area contributed by atoms with E-state index >= 15 is 0 Å². The second-order valence-corrected chi connectivity index (χ2v) is 7.04. The molecule has 0 N–H and O–H groups in total. The molecule has 30 heavy (non-hydrogen) atoms. The quantitative estimate of drug-likeness (QED) is 0.375. The van der Waals surface area contributed by atoms with Gasteiger partial charge in [0, 0.05) is 25.5 Å². The maximum absolute atomic E-state index is 12.5. The van der Waals surface area contributed by atoms with Gasteiger partial charge in [-0.3, -0.25) is 4.79 Å². The third-order valence-corrected chi connectivity index (χ3v) is 5.03. The van der Waals surface area contributed by atoms with E-state index in [0.717, 1.165) is 11.4 Å². The first-order chi connectivity index (χ1) is 14.5. The average molecular weight is 430 g/mol. The van der Waals surface area contributed by atoms with Crippen LogP contribution in [0.1, 0.15) is 30.0 Å². The van der Waals surface area contributed by atoms with Gasteiger partial charge in [-0.1, -0.05) is 11.8 Å². The number of benzene rings is 1. The summed E-state index contributed by atoms with van der Waals surface area (Å²) in [5.41, 5.74) is -0.211. The number of thioether (sulfide) groups is 1. The number of hydrogen-bond donors (Lipinski definition) is 0. The Bertz CT molecular complexity index is 1080. The fourth-order valence-corrected chi connectivity index (χ4v) is 3.37. The molecule has 1 aromatic carbocycles. The average Bonchev–Trinajstić information content (AvgIpc) is 3.14. The summed E-state index contributed by atoms with van der Waals surface area (Å²) in [6.45, 7) is 4.57. The normalized spacial score (nSPS) is 10.6. The fraction of sp³-hybridized carbons (Fsp3) is 0.286. The minimum absolute atomic E-state index is 0.183. The lowest BCUT2D eigenvalue weighted by atomic mass is 10.2. The van der Waals surface area contributed by atoms with Crippen molar-refractivity contribution in [2.75, 3.05) is 13.2 Å². The lowest BCUT2D eigenvalue weighted by Crippen LogP contribution is -2.15. The Labute approximate surface area is 177 Å². The van der Waals surface area contributed by atoms with E-state index in [9.17, 15) is 9.59 Å². The summed E-state index contributed by atoms with van der Waals surface area (Å²) >= 11 is 1.43. The molecule has 8 nitrogen and oxygen atoms in total. The van der Waals surface area contributed by atoms with Crippen molar-refractivity contribution in [2.45, 2.75) is 24.8 Å². The Morgan fingerprint density at radius 1 is 1.13 bits per heavy atom. The standard InChI is InChI=1S/C21H22N2O6S/c1-4-26-17-7-6-14(10-18(17)27-5-2)20(25)29-19-12-28-15(11-16(19)24)13-30-21-22-8-9-23(21)3/h6-12H,4-5,13H2,1-3H3. The number of aromatic nitrogens is 2. The van der Waals surface area contributed by atoms with Crippen LogP contribution in [-0.4, -0.2) is 28.7 Å². The Kier molecular flexibility index (Phi) is 7.18. The molecule has 0 radical (unpaired) electrons. The summed E-state index contributed by atoms with van der Waals surface area (Å²) in [5, 5.41) is 0.800. The second-order valence-electron chi connectivity index (χ2n) is 6.10. The monoisotopic (exact) mass is 430 g/mol. The van der Waals surface area contributed by atoms with Gasteiger partial charge in [-0.15, -0.1) is 0 Å². The van der Waals surface area contributed by atoms with Crippen LogP contribution in [0, 0.1) is 0 Å². The number of imidazole rings is 1. The summed E-state index contributed by atoms with van der Waals surface area (Å²) in [5.74, 6) is 0.962. The number of ether oxygens (including phenoxy) is 3. The van der Waals surface area contributed by atoms with Crippen molar-refractivity contribution in [1.29, 1.82) is 0 Å². The molecule has 0 unspecified atom stereocenters. The van der Waals surface area contributed by atoms with E-state index in [1.807, 2.05) is 31.7 Å². The minimum Gasteiger partial charge on any atom is -0.490 e. The van der Waals surface area contributed by atoms with E-state index < -0.39 is 11.4 Å². The largest absolute Gasteiger partial charge is 0.490 e. The van der Waals surface area contributed by atoms with Crippen LogP contribution in [0.15, 0.2) is 57.3 Å². The van der Waals surface area contributed by atoms with Crippen molar-refractivity contribution < 1.29 is 23.4 Å². The summed E-state index contributed by atoms with van der Waals surface area (Å²) in [6.07, 6.45) is 4.67. The van der Waals surface area contributed by atoms with Crippen molar-refractivity contribution in [2.24, 2.45) is 7.05 Å². The molecule has 0 bridgehead atoms. The van der Waals surface area contributed by atoms with Crippen LogP contribution < -0.4 is 19.6 Å². The predicted molar refractivity (Wildman–Crippen MR) is 111 cm³/mol. The first-order valence-electron chi connectivity index (χ1n) is 9.35. The Morgan fingerprint density at radius 2 is 1.90 bits per heavy atom. The highest BCUT2D eigenvalue weighted by Gasteiger charge is 2.16. The molecule has 0 spiro atoms. The summed E-state index contributed by atoms with van der Waals surface area (Å²) in [4.78, 5) is 29.0. The van der Waals surface area contributed by atoms with Gasteiger partial charge in [0.2, 0.25) is 11.2 Å². The van der Waals surface area contributed by atoms with Crippen LogP contribution in [0.2, 0.25) is 0 Å². The number of carbonyl (C=O) groups excluding carboxylic acids is 1. The first kappa shape index (κ1) is 21.5. The second kappa shape index (κ2) is 10.0. The minimum atomic E-state index is -0.693. The molecule has 0 aliphatic carbocycles. The molecule has 0 saturated carbocycles. The van der Waals surface area contributed by atoms with Crippen LogP contribution in [0.4, 0.5) is 0 Å². The molecule has 0 atom stereocenters. The van der Waals surface area contributed by atoms with Gasteiger partial charge in [0.25, 0.3) is 0 Å². The zero-order valence-electron chi connectivity index (χ0n) is 16.9. The van der Waals surface area contributed by atoms with Crippen LogP contribution in [0.3, 0.4) is 0 Å². The summed E-state index contributed by atoms with van der Waals surface area (Å²) in [6, 6.07) is 6.01. The number of nitrogens with zero attached hydrogens (tertiary/aromatic N) is 2. The molecule has 0 saturated heterocycles. The third kappa shape index (κ3) is 5.24. The SMILES string of the molecule is CCOc1ccc(C(=O)Oc2coc(CSc3nccn3C)cc2=O)cc1OCC. The van der Waals surface area contributed by atoms with Gasteiger partial charge in [0.15, 0.2) is 16.7 Å². The topological polar surface area (TPSA) is 92.8 Å². The predicted octanol–water partition coefficient (Wildman–Crippen LogP) is 3.68. The molecule has 0 amide bonds. The molecule has 0 aliphatic heterocycles. The van der Waals surface area contributed by atoms with Gasteiger partial charge >= 0.3 is 5.97 Å². The van der Waals surface area contributed by atoms with E-state index in [2.05, 4.69) is 4.98 Å². The van der Waals surface area contributed by atoms with Crippen molar-refractivity contribution >= 4 is 17.7 Å². The van der Waals surface area contributed by atoms with E-state index in [1.54, 1.807) is 18.3 Å². The summed E-state index contributed by atoms with van der Waals surface area (Å²) < 4.78 is 23.5. The van der Waals surface area contributed by atoms with E-state index in [4.69, 9.17) is 18.6 Å². The smallest absolute Gasteiger partial charge is 0.343 e. The molecular weight excluding hydrogens is 408 g/mol. The van der Waals surface area contributed by atoms with Crippen molar-refractivity contribution in [3.05, 3.63) is 64.5 Å². The molecule has 0 aliphatic rings. The molecule has 2 heterocycles. The fourth-order valence-electron chi connectivity index (χ4n) is 2.55. The zero-order chi connectivity index (χ0) is 21.5. The van der Waals surface area contributed by atoms with E-state index in [1.165, 1.54) is 23.9 Å². The van der Waals surface area contributed by atoms with E-state index in [0.29, 0.717) is 36.2 Å². The highest BCUT2D eigenvalue weighted by atomic mass is 32.2. The highest BCUT2D eigenvalue weighted by Crippen LogP contribution is 2.29. The van der Waals surface area contributed by atoms with Crippen molar-refractivity contribution in [1.82, 2.24) is 9.55 Å². The van der Waals surface area contributed by atoms with Gasteiger partial charge < -0.3 is 23.2 Å². The number of carbonyl (C=O) groups is 1. The number of hydrogen-bond acceptors (Lipinski definition) is 8. The molecule has 9 heteroatoms. The van der Waals surface area contributed by atoms with Crippen LogP contribution in [0.25, 0.3) is 0 Å². The van der Waals surface area contributed by atoms with Crippen LogP contribution >= 0.6 is 11.8 Å². The van der Waals surface area contributed by atoms with Crippen molar-refractivity contribution in [3.63, 3.8) is 0 Å². The maximum Gasteiger partial charge on any atom is 0.343 e. The molecule has 3 rings (SSSR count). The molecule has 3 aromatic rings. The molecule has 2 aromatic heterocycles. The van der Waals surface area contributed by atoms with E-state index in [-0.39, 0.29) is 11.3 Å². The lowest BCUT2D eigenvalue weighted by Gasteiger charge is -2.12. The third-order valence-electron chi connectivity index (χ3n) is 3.95. The van der Waals surface area contributed by atoms with Gasteiger partial charge in [-0.2, -0.15) is 0 Å². The maximum atomic E-state index is 12.5. The molecular formula is C21H22N2O6S. The summed E-state index contributed by atoms with van der Waals surface area (Å²) in [7, 11) is 1.88. The number of esters is 1. The van der Waals surface area contributed by atoms with Gasteiger partial charge in [0.1, 0.15) is 12.0 Å². The zero-order valence-corrected chi connectivity index (χ0v) is 17.7. The Hall–Kier alpha value is -3.20. The van der Waals surface area contributed by atoms with Crippen LogP contribution in [0.5, 0.6) is 17.2 Å². The number of aryl methyl sites for hydroxylation is 1. The number of rotatable bonds is 9. The van der Waals surface area contributed by atoms with Crippen LogP contribution in [-0.2, 0) is 12.8 Å². The Balaban J connectivity index is 1.69.